The fourth-order valence-electron chi connectivity index (χ4n) is 4.62. The van der Waals surface area contributed by atoms with Gasteiger partial charge in [0, 0.05) is 5.02 Å². The number of aliphatic hydroxyl groups is 1. The van der Waals surface area contributed by atoms with Crippen LogP contribution in [-0.2, 0) is 15.0 Å². The molecule has 0 bridgehead atoms. The van der Waals surface area contributed by atoms with Crippen LogP contribution in [0.15, 0.2) is 66.2 Å². The molecule has 1 atom stereocenters. The second-order valence-corrected chi connectivity index (χ2v) is 10.5. The van der Waals surface area contributed by atoms with Crippen LogP contribution in [0.4, 0.5) is 10.3 Å². The maximum absolute atomic E-state index is 13.9. The number of Topliss-reactive ketones (excluding diaryl/α,β-unsaturated/α-hetero) is 1. The lowest BCUT2D eigenvalue weighted by Crippen LogP contribution is -2.30. The Labute approximate surface area is 223 Å². The van der Waals surface area contributed by atoms with E-state index in [4.69, 9.17) is 16.3 Å². The Hall–Kier alpha value is -4.17. The Balaban J connectivity index is 1.75. The van der Waals surface area contributed by atoms with E-state index in [1.807, 2.05) is 24.3 Å². The van der Waals surface area contributed by atoms with Gasteiger partial charge >= 0.3 is 5.91 Å². The van der Waals surface area contributed by atoms with Crippen LogP contribution >= 0.6 is 11.6 Å². The summed E-state index contributed by atoms with van der Waals surface area (Å²) < 4.78 is 19.2. The molecule has 1 amide bonds. The number of aromatic amines is 1. The SMILES string of the molecule is COc1ccc(Cl)cc1/C(O)=C1\C(=O)C(=O)N(c2nc3ccc(F)cc3[nH]2)C1c1ccc(C(C)(C)C)cc1. The van der Waals surface area contributed by atoms with Crippen LogP contribution in [0.1, 0.15) is 43.5 Å². The molecule has 3 aromatic carbocycles. The number of amides is 1. The van der Waals surface area contributed by atoms with E-state index in [1.54, 1.807) is 12.1 Å². The molecule has 0 saturated carbocycles. The highest BCUT2D eigenvalue weighted by Crippen LogP contribution is 2.43. The number of fused-ring (bicyclic) bond motifs is 1. The standard InChI is InChI=1S/C29H25ClFN3O4/c1-29(2,3)16-7-5-15(6-8-16)24-23(25(35)19-13-17(30)9-12-22(19)38-4)26(36)27(37)34(24)28-32-20-11-10-18(31)14-21(20)33-28/h5-14,24,35H,1-4H3,(H,32,33)/b25-23+. The predicted octanol–water partition coefficient (Wildman–Crippen LogP) is 6.29. The fourth-order valence-corrected chi connectivity index (χ4v) is 4.80. The first kappa shape index (κ1) is 25.5. The van der Waals surface area contributed by atoms with Crippen molar-refractivity contribution >= 4 is 46.0 Å². The van der Waals surface area contributed by atoms with Crippen LogP contribution in [0.3, 0.4) is 0 Å². The Morgan fingerprint density at radius 2 is 1.79 bits per heavy atom. The van der Waals surface area contributed by atoms with E-state index in [0.29, 0.717) is 21.6 Å². The van der Waals surface area contributed by atoms with Crippen molar-refractivity contribution in [3.05, 3.63) is 93.8 Å². The third-order valence-corrected chi connectivity index (χ3v) is 6.85. The molecule has 0 aliphatic carbocycles. The second kappa shape index (κ2) is 9.29. The zero-order valence-corrected chi connectivity index (χ0v) is 21.9. The number of benzene rings is 3. The van der Waals surface area contributed by atoms with Crippen LogP contribution in [0.5, 0.6) is 5.75 Å². The number of imidazole rings is 1. The van der Waals surface area contributed by atoms with Gasteiger partial charge in [0.15, 0.2) is 0 Å². The van der Waals surface area contributed by atoms with E-state index in [2.05, 4.69) is 30.7 Å². The van der Waals surface area contributed by atoms with E-state index in [-0.39, 0.29) is 28.2 Å². The summed E-state index contributed by atoms with van der Waals surface area (Å²) in [5.41, 5.74) is 2.30. The average molecular weight is 534 g/mol. The lowest BCUT2D eigenvalue weighted by molar-refractivity contribution is -0.132. The molecule has 7 nitrogen and oxygen atoms in total. The summed E-state index contributed by atoms with van der Waals surface area (Å²) in [6.45, 7) is 6.23. The number of nitrogens with zero attached hydrogens (tertiary/aromatic N) is 2. The van der Waals surface area contributed by atoms with E-state index in [1.165, 1.54) is 36.3 Å². The summed E-state index contributed by atoms with van der Waals surface area (Å²) in [5, 5.41) is 11.8. The van der Waals surface area contributed by atoms with Crippen molar-refractivity contribution in [1.29, 1.82) is 0 Å². The van der Waals surface area contributed by atoms with E-state index in [0.717, 1.165) is 5.56 Å². The molecule has 5 rings (SSSR count). The average Bonchev–Trinajstić information content (AvgIpc) is 3.40. The maximum atomic E-state index is 13.9. The lowest BCUT2D eigenvalue weighted by atomic mass is 9.85. The van der Waals surface area contributed by atoms with Crippen molar-refractivity contribution in [2.75, 3.05) is 12.0 Å². The number of nitrogens with one attached hydrogen (secondary N) is 1. The Bertz CT molecular complexity index is 1620. The first-order valence-corrected chi connectivity index (χ1v) is 12.3. The molecular formula is C29H25ClFN3O4. The number of carbonyl (C=O) groups is 2. The summed E-state index contributed by atoms with van der Waals surface area (Å²) in [4.78, 5) is 35.5. The number of aromatic nitrogens is 2. The first-order chi connectivity index (χ1) is 18.0. The Morgan fingerprint density at radius 3 is 2.45 bits per heavy atom. The van der Waals surface area contributed by atoms with Gasteiger partial charge in [0.2, 0.25) is 5.95 Å². The van der Waals surface area contributed by atoms with Crippen LogP contribution in [-0.4, -0.2) is 33.9 Å². The molecule has 1 aliphatic heterocycles. The predicted molar refractivity (Wildman–Crippen MR) is 144 cm³/mol. The molecule has 2 heterocycles. The Morgan fingerprint density at radius 1 is 1.08 bits per heavy atom. The zero-order valence-electron chi connectivity index (χ0n) is 21.2. The van der Waals surface area contributed by atoms with Crippen LogP contribution in [0, 0.1) is 5.82 Å². The third-order valence-electron chi connectivity index (χ3n) is 6.61. The van der Waals surface area contributed by atoms with Gasteiger partial charge in [-0.05, 0) is 52.9 Å². The number of anilines is 1. The first-order valence-electron chi connectivity index (χ1n) is 11.9. The van der Waals surface area contributed by atoms with Crippen LogP contribution in [0.2, 0.25) is 5.02 Å². The largest absolute Gasteiger partial charge is 0.507 e. The molecule has 38 heavy (non-hydrogen) atoms. The highest BCUT2D eigenvalue weighted by atomic mass is 35.5. The molecule has 2 N–H and O–H groups in total. The quantitative estimate of drug-likeness (QED) is 0.183. The molecular weight excluding hydrogens is 509 g/mol. The molecule has 4 aromatic rings. The van der Waals surface area contributed by atoms with E-state index in [9.17, 15) is 19.1 Å². The topological polar surface area (TPSA) is 95.5 Å². The van der Waals surface area contributed by atoms with Crippen molar-refractivity contribution < 1.29 is 23.8 Å². The normalized spacial score (nSPS) is 17.4. The summed E-state index contributed by atoms with van der Waals surface area (Å²) >= 11 is 6.19. The third kappa shape index (κ3) is 4.31. The van der Waals surface area contributed by atoms with Gasteiger partial charge in [-0.25, -0.2) is 9.37 Å². The number of ether oxygens (including phenoxy) is 1. The minimum absolute atomic E-state index is 0.0507. The molecule has 1 aromatic heterocycles. The minimum atomic E-state index is -1.03. The smallest absolute Gasteiger partial charge is 0.302 e. The van der Waals surface area contributed by atoms with Gasteiger partial charge in [-0.15, -0.1) is 0 Å². The molecule has 194 valence electrons. The molecule has 1 unspecified atom stereocenters. The molecule has 9 heteroatoms. The number of methoxy groups -OCH3 is 1. The number of hydrogen-bond acceptors (Lipinski definition) is 5. The monoisotopic (exact) mass is 533 g/mol. The van der Waals surface area contributed by atoms with Gasteiger partial charge in [-0.2, -0.15) is 0 Å². The second-order valence-electron chi connectivity index (χ2n) is 10.1. The molecule has 0 spiro atoms. The molecule has 1 fully saturated rings. The van der Waals surface area contributed by atoms with Gasteiger partial charge in [-0.3, -0.25) is 14.5 Å². The summed E-state index contributed by atoms with van der Waals surface area (Å²) in [5.74, 6) is -2.37. The van der Waals surface area contributed by atoms with E-state index < -0.39 is 29.3 Å². The highest BCUT2D eigenvalue weighted by Gasteiger charge is 2.48. The summed E-state index contributed by atoms with van der Waals surface area (Å²) in [7, 11) is 1.43. The van der Waals surface area contributed by atoms with Crippen molar-refractivity contribution in [2.45, 2.75) is 32.2 Å². The van der Waals surface area contributed by atoms with E-state index >= 15 is 0 Å². The fraction of sp³-hybridized carbons (Fsp3) is 0.207. The van der Waals surface area contributed by atoms with Crippen molar-refractivity contribution in [1.82, 2.24) is 9.97 Å². The van der Waals surface area contributed by atoms with Gasteiger partial charge in [-0.1, -0.05) is 56.6 Å². The van der Waals surface area contributed by atoms with Crippen LogP contribution in [0.25, 0.3) is 16.8 Å². The summed E-state index contributed by atoms with van der Waals surface area (Å²) in [6.07, 6.45) is 0. The van der Waals surface area contributed by atoms with Crippen molar-refractivity contribution in [3.63, 3.8) is 0 Å². The number of rotatable bonds is 4. The number of ketones is 1. The van der Waals surface area contributed by atoms with Crippen molar-refractivity contribution in [2.24, 2.45) is 0 Å². The molecule has 0 radical (unpaired) electrons. The lowest BCUT2D eigenvalue weighted by Gasteiger charge is -2.25. The van der Waals surface area contributed by atoms with Crippen LogP contribution < -0.4 is 9.64 Å². The van der Waals surface area contributed by atoms with Gasteiger partial charge in [0.25, 0.3) is 5.78 Å². The van der Waals surface area contributed by atoms with Gasteiger partial charge < -0.3 is 14.8 Å². The van der Waals surface area contributed by atoms with Gasteiger partial charge in [0.1, 0.15) is 17.3 Å². The number of aliphatic hydroxyl groups excluding tert-OH is 1. The number of hydrogen-bond donors (Lipinski definition) is 2. The zero-order chi connectivity index (χ0) is 27.4. The highest BCUT2D eigenvalue weighted by molar-refractivity contribution is 6.51. The van der Waals surface area contributed by atoms with Crippen molar-refractivity contribution in [3.8, 4) is 5.75 Å². The molecule has 1 saturated heterocycles. The maximum Gasteiger partial charge on any atom is 0.302 e. The Kier molecular flexibility index (Phi) is 6.23. The summed E-state index contributed by atoms with van der Waals surface area (Å²) in [6, 6.07) is 15.1. The molecule has 1 aliphatic rings. The minimum Gasteiger partial charge on any atom is -0.507 e. The number of carbonyl (C=O) groups excluding carboxylic acids is 2. The number of halogens is 2. The number of H-pyrrole nitrogens is 1. The van der Waals surface area contributed by atoms with Gasteiger partial charge in [0.05, 0.1) is 35.3 Å².